The van der Waals surface area contributed by atoms with Gasteiger partial charge in [0.15, 0.2) is 0 Å². The highest BCUT2D eigenvalue weighted by molar-refractivity contribution is 6.30. The van der Waals surface area contributed by atoms with Crippen LogP contribution in [0.25, 0.3) is 11.3 Å². The smallest absolute Gasteiger partial charge is 0.228 e. The molecule has 0 amide bonds. The van der Waals surface area contributed by atoms with Crippen LogP contribution in [0, 0.1) is 0 Å². The molecular weight excluding hydrogens is 348 g/mol. The van der Waals surface area contributed by atoms with Crippen molar-refractivity contribution in [3.05, 3.63) is 65.7 Å². The Hall–Kier alpha value is -2.63. The number of aromatic nitrogens is 2. The second-order valence-electron chi connectivity index (χ2n) is 6.04. The molecule has 1 fully saturated rings. The molecule has 2 aromatic carbocycles. The molecule has 1 aliphatic rings. The Balaban J connectivity index is 1.70. The third-order valence-corrected chi connectivity index (χ3v) is 4.45. The molecule has 0 unspecified atom stereocenters. The number of nitrogens with one attached hydrogen (secondary N) is 1. The average molecular weight is 367 g/mol. The normalized spacial score (nSPS) is 14.3. The number of benzene rings is 2. The summed E-state index contributed by atoms with van der Waals surface area (Å²) in [6.07, 6.45) is 0. The van der Waals surface area contributed by atoms with E-state index in [1.165, 1.54) is 0 Å². The Labute approximate surface area is 157 Å². The zero-order chi connectivity index (χ0) is 17.8. The van der Waals surface area contributed by atoms with Crippen LogP contribution >= 0.6 is 11.6 Å². The Morgan fingerprint density at radius 1 is 0.923 bits per heavy atom. The Morgan fingerprint density at radius 3 is 2.38 bits per heavy atom. The Morgan fingerprint density at radius 2 is 1.65 bits per heavy atom. The lowest BCUT2D eigenvalue weighted by molar-refractivity contribution is 0.122. The highest BCUT2D eigenvalue weighted by Crippen LogP contribution is 2.25. The van der Waals surface area contributed by atoms with Crippen LogP contribution in [0.15, 0.2) is 60.7 Å². The fraction of sp³-hybridized carbons (Fsp3) is 0.200. The fourth-order valence-electron chi connectivity index (χ4n) is 2.84. The molecule has 1 N–H and O–H groups in total. The van der Waals surface area contributed by atoms with Crippen molar-refractivity contribution >= 4 is 29.1 Å². The molecular formula is C20H19ClN4O. The van der Waals surface area contributed by atoms with E-state index in [2.05, 4.69) is 22.3 Å². The quantitative estimate of drug-likeness (QED) is 0.742. The third kappa shape index (κ3) is 3.95. The van der Waals surface area contributed by atoms with E-state index in [9.17, 15) is 0 Å². The van der Waals surface area contributed by atoms with E-state index in [0.717, 1.165) is 35.9 Å². The van der Waals surface area contributed by atoms with E-state index in [0.29, 0.717) is 24.2 Å². The molecule has 1 saturated heterocycles. The lowest BCUT2D eigenvalue weighted by atomic mass is 10.1. The number of hydrogen-bond acceptors (Lipinski definition) is 5. The molecule has 6 heteroatoms. The van der Waals surface area contributed by atoms with Gasteiger partial charge in [0, 0.05) is 35.4 Å². The van der Waals surface area contributed by atoms with E-state index < -0.39 is 0 Å². The van der Waals surface area contributed by atoms with Crippen molar-refractivity contribution in [1.82, 2.24) is 9.97 Å². The lowest BCUT2D eigenvalue weighted by Crippen LogP contribution is -2.37. The Kier molecular flexibility index (Phi) is 5.00. The molecule has 1 aromatic heterocycles. The first-order valence-corrected chi connectivity index (χ1v) is 8.95. The van der Waals surface area contributed by atoms with Crippen LogP contribution in [0.2, 0.25) is 5.02 Å². The third-order valence-electron chi connectivity index (χ3n) is 4.19. The monoisotopic (exact) mass is 366 g/mol. The summed E-state index contributed by atoms with van der Waals surface area (Å²) in [7, 11) is 0. The topological polar surface area (TPSA) is 50.3 Å². The van der Waals surface area contributed by atoms with Gasteiger partial charge in [-0.3, -0.25) is 0 Å². The summed E-state index contributed by atoms with van der Waals surface area (Å²) in [6.45, 7) is 2.97. The standard InChI is InChI=1S/C20H19ClN4O/c21-16-6-8-17(9-7-16)22-19-14-18(15-4-2-1-3-5-15)23-20(24-19)25-10-12-26-13-11-25/h1-9,14H,10-13H2,(H,22,23,24). The van der Waals surface area contributed by atoms with Gasteiger partial charge >= 0.3 is 0 Å². The fourth-order valence-corrected chi connectivity index (χ4v) is 2.97. The summed E-state index contributed by atoms with van der Waals surface area (Å²) in [5.41, 5.74) is 2.88. The van der Waals surface area contributed by atoms with Gasteiger partial charge in [-0.05, 0) is 24.3 Å². The van der Waals surface area contributed by atoms with Crippen molar-refractivity contribution in [1.29, 1.82) is 0 Å². The molecule has 3 aromatic rings. The largest absolute Gasteiger partial charge is 0.378 e. The summed E-state index contributed by atoms with van der Waals surface area (Å²) in [6, 6.07) is 19.7. The molecule has 1 aliphatic heterocycles. The van der Waals surface area contributed by atoms with Gasteiger partial charge < -0.3 is 15.0 Å². The molecule has 132 valence electrons. The summed E-state index contributed by atoms with van der Waals surface area (Å²) in [5.74, 6) is 1.47. The first-order valence-electron chi connectivity index (χ1n) is 8.58. The second-order valence-corrected chi connectivity index (χ2v) is 6.47. The van der Waals surface area contributed by atoms with Gasteiger partial charge in [0.25, 0.3) is 0 Å². The van der Waals surface area contributed by atoms with E-state index in [4.69, 9.17) is 26.3 Å². The lowest BCUT2D eigenvalue weighted by Gasteiger charge is -2.27. The molecule has 0 atom stereocenters. The minimum absolute atomic E-state index is 0.693. The predicted molar refractivity (Wildman–Crippen MR) is 105 cm³/mol. The minimum atomic E-state index is 0.693. The number of morpholine rings is 1. The number of hydrogen-bond donors (Lipinski definition) is 1. The number of nitrogens with zero attached hydrogens (tertiary/aromatic N) is 3. The molecule has 0 spiro atoms. The second kappa shape index (κ2) is 7.72. The highest BCUT2D eigenvalue weighted by Gasteiger charge is 2.16. The van der Waals surface area contributed by atoms with E-state index in [-0.39, 0.29) is 0 Å². The van der Waals surface area contributed by atoms with Crippen LogP contribution in [0.1, 0.15) is 0 Å². The van der Waals surface area contributed by atoms with E-state index in [1.54, 1.807) is 0 Å². The van der Waals surface area contributed by atoms with Crippen molar-refractivity contribution in [3.63, 3.8) is 0 Å². The summed E-state index contributed by atoms with van der Waals surface area (Å²) >= 11 is 5.97. The predicted octanol–water partition coefficient (Wildman–Crippen LogP) is 4.38. The Bertz CT molecular complexity index is 865. The molecule has 0 bridgehead atoms. The number of ether oxygens (including phenoxy) is 1. The SMILES string of the molecule is Clc1ccc(Nc2cc(-c3ccccc3)nc(N3CCOCC3)n2)cc1. The van der Waals surface area contributed by atoms with Crippen LogP contribution in [0.3, 0.4) is 0 Å². The van der Waals surface area contributed by atoms with E-state index in [1.807, 2.05) is 48.5 Å². The maximum atomic E-state index is 5.97. The van der Waals surface area contributed by atoms with Gasteiger partial charge in [0.2, 0.25) is 5.95 Å². The maximum Gasteiger partial charge on any atom is 0.228 e. The minimum Gasteiger partial charge on any atom is -0.378 e. The van der Waals surface area contributed by atoms with E-state index >= 15 is 0 Å². The molecule has 4 rings (SSSR count). The molecule has 0 radical (unpaired) electrons. The zero-order valence-corrected chi connectivity index (χ0v) is 15.0. The van der Waals surface area contributed by atoms with Crippen LogP contribution in [-0.2, 0) is 4.74 Å². The van der Waals surface area contributed by atoms with Crippen LogP contribution in [0.4, 0.5) is 17.5 Å². The van der Waals surface area contributed by atoms with Crippen molar-refractivity contribution in [2.45, 2.75) is 0 Å². The van der Waals surface area contributed by atoms with Crippen LogP contribution in [0.5, 0.6) is 0 Å². The number of halogens is 1. The van der Waals surface area contributed by atoms with Gasteiger partial charge in [-0.25, -0.2) is 4.98 Å². The van der Waals surface area contributed by atoms with Gasteiger partial charge in [-0.1, -0.05) is 41.9 Å². The number of rotatable bonds is 4. The molecule has 0 saturated carbocycles. The first kappa shape index (κ1) is 16.8. The average Bonchev–Trinajstić information content (AvgIpc) is 2.71. The molecule has 2 heterocycles. The highest BCUT2D eigenvalue weighted by atomic mass is 35.5. The van der Waals surface area contributed by atoms with Gasteiger partial charge in [0.05, 0.1) is 18.9 Å². The molecule has 5 nitrogen and oxygen atoms in total. The summed E-state index contributed by atoms with van der Waals surface area (Å²) in [5, 5.41) is 4.06. The zero-order valence-electron chi connectivity index (χ0n) is 14.2. The van der Waals surface area contributed by atoms with Gasteiger partial charge in [-0.2, -0.15) is 4.98 Å². The molecule has 26 heavy (non-hydrogen) atoms. The summed E-state index contributed by atoms with van der Waals surface area (Å²) < 4.78 is 5.45. The van der Waals surface area contributed by atoms with Crippen molar-refractivity contribution in [2.24, 2.45) is 0 Å². The molecule has 0 aliphatic carbocycles. The first-order chi connectivity index (χ1) is 12.8. The van der Waals surface area contributed by atoms with Crippen molar-refractivity contribution in [3.8, 4) is 11.3 Å². The van der Waals surface area contributed by atoms with Crippen molar-refractivity contribution < 1.29 is 4.74 Å². The van der Waals surface area contributed by atoms with Crippen molar-refractivity contribution in [2.75, 3.05) is 36.5 Å². The summed E-state index contributed by atoms with van der Waals surface area (Å²) in [4.78, 5) is 11.7. The van der Waals surface area contributed by atoms with Crippen LogP contribution in [-0.4, -0.2) is 36.3 Å². The van der Waals surface area contributed by atoms with Crippen LogP contribution < -0.4 is 10.2 Å². The van der Waals surface area contributed by atoms with Gasteiger partial charge in [0.1, 0.15) is 5.82 Å². The maximum absolute atomic E-state index is 5.97. The number of anilines is 3. The van der Waals surface area contributed by atoms with Gasteiger partial charge in [-0.15, -0.1) is 0 Å².